The van der Waals surface area contributed by atoms with Crippen molar-refractivity contribution in [3.8, 4) is 0 Å². The molecule has 2 saturated heterocycles. The molecule has 0 aliphatic carbocycles. The predicted octanol–water partition coefficient (Wildman–Crippen LogP) is 1.03. The molecule has 0 aromatic carbocycles. The Hall–Kier alpha value is -1.26. The van der Waals surface area contributed by atoms with Crippen LogP contribution in [0.4, 0.5) is 4.79 Å². The minimum absolute atomic E-state index is 0.146. The monoisotopic (exact) mass is 227 g/mol. The molecule has 2 rings (SSSR count). The van der Waals surface area contributed by atoms with Gasteiger partial charge in [-0.3, -0.25) is 4.79 Å². The summed E-state index contributed by atoms with van der Waals surface area (Å²) >= 11 is 0. The van der Waals surface area contributed by atoms with Crippen LogP contribution in [0.1, 0.15) is 20.8 Å². The second kappa shape index (κ2) is 3.64. The zero-order chi connectivity index (χ0) is 11.9. The maximum atomic E-state index is 11.8. The number of cyclic esters (lactones) is 1. The van der Waals surface area contributed by atoms with Gasteiger partial charge < -0.3 is 14.4 Å². The molecule has 1 amide bonds. The van der Waals surface area contributed by atoms with E-state index in [0.29, 0.717) is 19.7 Å². The fourth-order valence-corrected chi connectivity index (χ4v) is 2.08. The Morgan fingerprint density at radius 3 is 2.69 bits per heavy atom. The number of esters is 1. The number of carbonyl (C=O) groups excluding carboxylic acids is 2. The SMILES string of the molecule is CC(C)(C)OC(=O)N1CC2C(=O)OC[C@@H]2C1. The van der Waals surface area contributed by atoms with Crippen LogP contribution in [0.5, 0.6) is 0 Å². The van der Waals surface area contributed by atoms with Gasteiger partial charge in [-0.1, -0.05) is 0 Å². The molecule has 0 radical (unpaired) electrons. The number of likely N-dealkylation sites (tertiary alicyclic amines) is 1. The lowest BCUT2D eigenvalue weighted by Crippen LogP contribution is -2.36. The minimum atomic E-state index is -0.491. The number of amides is 1. The Kier molecular flexibility index (Phi) is 2.56. The number of rotatable bonds is 0. The number of ether oxygens (including phenoxy) is 2. The standard InChI is InChI=1S/C11H17NO4/c1-11(2,3)16-10(14)12-4-7-6-15-9(13)8(7)5-12/h7-8H,4-6H2,1-3H3/t7-,8?/m0/s1. The summed E-state index contributed by atoms with van der Waals surface area (Å²) in [5.74, 6) is -0.177. The highest BCUT2D eigenvalue weighted by molar-refractivity contribution is 5.78. The van der Waals surface area contributed by atoms with E-state index in [1.165, 1.54) is 0 Å². The highest BCUT2D eigenvalue weighted by Crippen LogP contribution is 2.31. The average Bonchev–Trinajstić information content (AvgIpc) is 2.65. The molecule has 0 aromatic rings. The van der Waals surface area contributed by atoms with Crippen molar-refractivity contribution in [3.63, 3.8) is 0 Å². The van der Waals surface area contributed by atoms with Gasteiger partial charge in [-0.2, -0.15) is 0 Å². The lowest BCUT2D eigenvalue weighted by atomic mass is 10.0. The third kappa shape index (κ3) is 2.13. The van der Waals surface area contributed by atoms with Crippen LogP contribution in [0.2, 0.25) is 0 Å². The van der Waals surface area contributed by atoms with E-state index < -0.39 is 5.60 Å². The molecule has 2 fully saturated rings. The number of nitrogens with zero attached hydrogens (tertiary/aromatic N) is 1. The van der Waals surface area contributed by atoms with Crippen molar-refractivity contribution in [2.24, 2.45) is 11.8 Å². The zero-order valence-corrected chi connectivity index (χ0v) is 9.86. The molecule has 5 nitrogen and oxygen atoms in total. The van der Waals surface area contributed by atoms with Gasteiger partial charge in [0.1, 0.15) is 5.60 Å². The topological polar surface area (TPSA) is 55.8 Å². The van der Waals surface area contributed by atoms with Crippen molar-refractivity contribution in [1.82, 2.24) is 4.90 Å². The molecule has 90 valence electrons. The summed E-state index contributed by atoms with van der Waals surface area (Å²) in [6.07, 6.45) is -0.338. The second-order valence-corrected chi connectivity index (χ2v) is 5.38. The number of hydrogen-bond acceptors (Lipinski definition) is 4. The maximum absolute atomic E-state index is 11.8. The first-order valence-corrected chi connectivity index (χ1v) is 5.51. The molecular formula is C11H17NO4. The van der Waals surface area contributed by atoms with E-state index in [4.69, 9.17) is 9.47 Å². The smallest absolute Gasteiger partial charge is 0.410 e. The molecule has 0 N–H and O–H groups in total. The van der Waals surface area contributed by atoms with Crippen molar-refractivity contribution < 1.29 is 19.1 Å². The van der Waals surface area contributed by atoms with Crippen molar-refractivity contribution in [1.29, 1.82) is 0 Å². The molecule has 2 aliphatic heterocycles. The lowest BCUT2D eigenvalue weighted by molar-refractivity contribution is -0.141. The Balaban J connectivity index is 1.94. The summed E-state index contributed by atoms with van der Waals surface area (Å²) in [7, 11) is 0. The van der Waals surface area contributed by atoms with Gasteiger partial charge in [-0.25, -0.2) is 4.79 Å². The third-order valence-corrected chi connectivity index (χ3v) is 2.84. The van der Waals surface area contributed by atoms with E-state index in [1.54, 1.807) is 4.90 Å². The maximum Gasteiger partial charge on any atom is 0.410 e. The average molecular weight is 227 g/mol. The van der Waals surface area contributed by atoms with Gasteiger partial charge >= 0.3 is 12.1 Å². The van der Waals surface area contributed by atoms with Gasteiger partial charge in [0.05, 0.1) is 12.5 Å². The van der Waals surface area contributed by atoms with Crippen LogP contribution in [0.15, 0.2) is 0 Å². The molecular weight excluding hydrogens is 210 g/mol. The summed E-state index contributed by atoms with van der Waals surface area (Å²) in [6, 6.07) is 0. The first-order valence-electron chi connectivity index (χ1n) is 5.51. The van der Waals surface area contributed by atoms with Gasteiger partial charge in [0, 0.05) is 19.0 Å². The van der Waals surface area contributed by atoms with Gasteiger partial charge in [0.2, 0.25) is 0 Å². The molecule has 5 heteroatoms. The third-order valence-electron chi connectivity index (χ3n) is 2.84. The molecule has 2 aliphatic rings. The van der Waals surface area contributed by atoms with Crippen molar-refractivity contribution in [2.75, 3.05) is 19.7 Å². The number of hydrogen-bond donors (Lipinski definition) is 0. The number of carbonyl (C=O) groups is 2. The van der Waals surface area contributed by atoms with Crippen molar-refractivity contribution in [3.05, 3.63) is 0 Å². The Morgan fingerprint density at radius 2 is 2.12 bits per heavy atom. The van der Waals surface area contributed by atoms with E-state index in [-0.39, 0.29) is 23.9 Å². The van der Waals surface area contributed by atoms with Crippen LogP contribution in [0.25, 0.3) is 0 Å². The van der Waals surface area contributed by atoms with Gasteiger partial charge in [0.25, 0.3) is 0 Å². The quantitative estimate of drug-likeness (QED) is 0.580. The fourth-order valence-electron chi connectivity index (χ4n) is 2.08. The van der Waals surface area contributed by atoms with Crippen molar-refractivity contribution >= 4 is 12.1 Å². The molecule has 2 heterocycles. The number of fused-ring (bicyclic) bond motifs is 1. The van der Waals surface area contributed by atoms with Crippen LogP contribution in [0.3, 0.4) is 0 Å². The second-order valence-electron chi connectivity index (χ2n) is 5.38. The van der Waals surface area contributed by atoms with Gasteiger partial charge in [-0.15, -0.1) is 0 Å². The van der Waals surface area contributed by atoms with E-state index in [2.05, 4.69) is 0 Å². The highest BCUT2D eigenvalue weighted by Gasteiger charge is 2.46. The summed E-state index contributed by atoms with van der Waals surface area (Å²) < 4.78 is 10.2. The Bertz CT molecular complexity index is 320. The van der Waals surface area contributed by atoms with Crippen LogP contribution in [-0.4, -0.2) is 42.3 Å². The van der Waals surface area contributed by atoms with Crippen LogP contribution in [-0.2, 0) is 14.3 Å². The van der Waals surface area contributed by atoms with Crippen LogP contribution in [0, 0.1) is 11.8 Å². The lowest BCUT2D eigenvalue weighted by Gasteiger charge is -2.24. The Morgan fingerprint density at radius 1 is 1.44 bits per heavy atom. The summed E-state index contributed by atoms with van der Waals surface area (Å²) in [5, 5.41) is 0. The van der Waals surface area contributed by atoms with E-state index in [9.17, 15) is 9.59 Å². The van der Waals surface area contributed by atoms with E-state index in [0.717, 1.165) is 0 Å². The first-order chi connectivity index (χ1) is 7.37. The van der Waals surface area contributed by atoms with Gasteiger partial charge in [-0.05, 0) is 20.8 Å². The highest BCUT2D eigenvalue weighted by atomic mass is 16.6. The molecule has 0 bridgehead atoms. The minimum Gasteiger partial charge on any atom is -0.465 e. The van der Waals surface area contributed by atoms with E-state index >= 15 is 0 Å². The summed E-state index contributed by atoms with van der Waals surface area (Å²) in [6.45, 7) is 6.91. The molecule has 2 atom stereocenters. The Labute approximate surface area is 94.7 Å². The fraction of sp³-hybridized carbons (Fsp3) is 0.818. The van der Waals surface area contributed by atoms with Gasteiger partial charge in [0.15, 0.2) is 0 Å². The summed E-state index contributed by atoms with van der Waals surface area (Å²) in [4.78, 5) is 24.7. The molecule has 0 aromatic heterocycles. The molecule has 1 unspecified atom stereocenters. The predicted molar refractivity (Wildman–Crippen MR) is 55.7 cm³/mol. The zero-order valence-electron chi connectivity index (χ0n) is 9.86. The normalized spacial score (nSPS) is 28.9. The van der Waals surface area contributed by atoms with Crippen LogP contribution < -0.4 is 0 Å². The van der Waals surface area contributed by atoms with E-state index in [1.807, 2.05) is 20.8 Å². The van der Waals surface area contributed by atoms with Crippen LogP contribution >= 0.6 is 0 Å². The molecule has 16 heavy (non-hydrogen) atoms. The largest absolute Gasteiger partial charge is 0.465 e. The summed E-state index contributed by atoms with van der Waals surface area (Å²) in [5.41, 5.74) is -0.491. The molecule has 0 spiro atoms. The first kappa shape index (κ1) is 11.2. The van der Waals surface area contributed by atoms with Crippen molar-refractivity contribution in [2.45, 2.75) is 26.4 Å². The molecule has 0 saturated carbocycles.